The highest BCUT2D eigenvalue weighted by Crippen LogP contribution is 2.29. The molecule has 152 valence electrons. The van der Waals surface area contributed by atoms with Crippen molar-refractivity contribution in [2.75, 3.05) is 19.6 Å². The number of nitrogens with zero attached hydrogens (tertiary/aromatic N) is 1. The van der Waals surface area contributed by atoms with Gasteiger partial charge in [0.2, 0.25) is 0 Å². The zero-order chi connectivity index (χ0) is 20.4. The van der Waals surface area contributed by atoms with Gasteiger partial charge in [-0.2, -0.15) is 0 Å². The number of hydrogen-bond acceptors (Lipinski definition) is 5. The molecule has 1 aliphatic rings. The standard InChI is InChI=1S/C21H24N4O3S/c1-13-6-8-25(9-7-13)17(18-3-2-10-29-18)12-22-19(26)14-4-5-15-16(11-14)24-21(28)20(27)23-15/h2-5,10-11,13,17H,6-9,12H2,1H3,(H,22,26)(H,23,27)(H,24,28). The fourth-order valence-electron chi connectivity index (χ4n) is 3.78. The first-order valence-electron chi connectivity index (χ1n) is 9.83. The zero-order valence-corrected chi connectivity index (χ0v) is 17.1. The van der Waals surface area contributed by atoms with Crippen molar-refractivity contribution in [2.24, 2.45) is 5.92 Å². The third-order valence-electron chi connectivity index (χ3n) is 5.57. The smallest absolute Gasteiger partial charge is 0.314 e. The highest BCUT2D eigenvalue weighted by Gasteiger charge is 2.25. The lowest BCUT2D eigenvalue weighted by molar-refractivity contribution is 0.0915. The summed E-state index contributed by atoms with van der Waals surface area (Å²) in [5, 5.41) is 5.12. The maximum atomic E-state index is 12.8. The minimum atomic E-state index is -0.729. The third-order valence-corrected chi connectivity index (χ3v) is 6.54. The number of piperidine rings is 1. The number of fused-ring (bicyclic) bond motifs is 1. The van der Waals surface area contributed by atoms with Crippen LogP contribution < -0.4 is 16.4 Å². The summed E-state index contributed by atoms with van der Waals surface area (Å²) in [6, 6.07) is 9.19. The molecule has 1 aromatic carbocycles. The van der Waals surface area contributed by atoms with Crippen molar-refractivity contribution in [3.8, 4) is 0 Å². The number of carbonyl (C=O) groups excluding carboxylic acids is 1. The van der Waals surface area contributed by atoms with Crippen LogP contribution in [0.1, 0.15) is 41.0 Å². The number of amides is 1. The van der Waals surface area contributed by atoms with Gasteiger partial charge in [-0.25, -0.2) is 0 Å². The molecule has 2 aromatic heterocycles. The summed E-state index contributed by atoms with van der Waals surface area (Å²) in [6.07, 6.45) is 2.35. The molecule has 0 radical (unpaired) electrons. The number of likely N-dealkylation sites (tertiary alicyclic amines) is 1. The highest BCUT2D eigenvalue weighted by molar-refractivity contribution is 7.10. The molecule has 0 saturated carbocycles. The van der Waals surface area contributed by atoms with Crippen molar-refractivity contribution in [1.82, 2.24) is 20.2 Å². The van der Waals surface area contributed by atoms with Gasteiger partial charge >= 0.3 is 11.1 Å². The molecule has 1 saturated heterocycles. The second-order valence-corrected chi connectivity index (χ2v) is 8.61. The molecule has 4 rings (SSSR count). The Balaban J connectivity index is 1.50. The Bertz CT molecular complexity index is 1110. The number of aromatic amines is 2. The van der Waals surface area contributed by atoms with Gasteiger partial charge in [0.05, 0.1) is 17.1 Å². The van der Waals surface area contributed by atoms with Gasteiger partial charge in [0.25, 0.3) is 5.91 Å². The molecule has 3 aromatic rings. The topological polar surface area (TPSA) is 98.1 Å². The van der Waals surface area contributed by atoms with Gasteiger partial charge in [0.1, 0.15) is 0 Å². The lowest BCUT2D eigenvalue weighted by Crippen LogP contribution is -2.41. The van der Waals surface area contributed by atoms with Crippen LogP contribution in [0.15, 0.2) is 45.3 Å². The Hall–Kier alpha value is -2.71. The zero-order valence-electron chi connectivity index (χ0n) is 16.2. The Morgan fingerprint density at radius 3 is 2.59 bits per heavy atom. The van der Waals surface area contributed by atoms with Gasteiger partial charge in [0.15, 0.2) is 0 Å². The summed E-state index contributed by atoms with van der Waals surface area (Å²) < 4.78 is 0. The number of thiophene rings is 1. The van der Waals surface area contributed by atoms with E-state index in [2.05, 4.69) is 38.6 Å². The van der Waals surface area contributed by atoms with Crippen molar-refractivity contribution in [2.45, 2.75) is 25.8 Å². The normalized spacial score (nSPS) is 16.7. The molecular formula is C21H24N4O3S. The summed E-state index contributed by atoms with van der Waals surface area (Å²) in [7, 11) is 0. The van der Waals surface area contributed by atoms with Crippen LogP contribution in [0, 0.1) is 5.92 Å². The first-order chi connectivity index (χ1) is 14.0. The van der Waals surface area contributed by atoms with Crippen LogP contribution in [0.25, 0.3) is 11.0 Å². The summed E-state index contributed by atoms with van der Waals surface area (Å²) in [4.78, 5) is 44.5. The summed E-state index contributed by atoms with van der Waals surface area (Å²) >= 11 is 1.71. The average molecular weight is 413 g/mol. The van der Waals surface area contributed by atoms with E-state index in [0.29, 0.717) is 23.1 Å². The molecule has 1 fully saturated rings. The van der Waals surface area contributed by atoms with Crippen LogP contribution >= 0.6 is 11.3 Å². The lowest BCUT2D eigenvalue weighted by atomic mass is 9.97. The van der Waals surface area contributed by atoms with E-state index >= 15 is 0 Å². The molecule has 8 heteroatoms. The first kappa shape index (κ1) is 19.6. The molecule has 1 amide bonds. The van der Waals surface area contributed by atoms with E-state index in [-0.39, 0.29) is 11.9 Å². The summed E-state index contributed by atoms with van der Waals surface area (Å²) in [5.41, 5.74) is -0.0685. The van der Waals surface area contributed by atoms with Gasteiger partial charge in [-0.1, -0.05) is 13.0 Å². The third kappa shape index (κ3) is 4.33. The van der Waals surface area contributed by atoms with Gasteiger partial charge < -0.3 is 15.3 Å². The van der Waals surface area contributed by atoms with Crippen LogP contribution in [0.2, 0.25) is 0 Å². The van der Waals surface area contributed by atoms with E-state index in [0.717, 1.165) is 19.0 Å². The van der Waals surface area contributed by atoms with Crippen molar-refractivity contribution >= 4 is 28.3 Å². The maximum Gasteiger partial charge on any atom is 0.314 e. The molecule has 3 heterocycles. The second kappa shape index (κ2) is 8.34. The Morgan fingerprint density at radius 1 is 1.17 bits per heavy atom. The second-order valence-electron chi connectivity index (χ2n) is 7.63. The van der Waals surface area contributed by atoms with E-state index in [1.165, 1.54) is 17.7 Å². The number of rotatable bonds is 5. The Morgan fingerprint density at radius 2 is 1.90 bits per heavy atom. The molecule has 0 spiro atoms. The van der Waals surface area contributed by atoms with Crippen molar-refractivity contribution < 1.29 is 4.79 Å². The minimum Gasteiger partial charge on any atom is -0.350 e. The summed E-state index contributed by atoms with van der Waals surface area (Å²) in [5.74, 6) is 0.543. The van der Waals surface area contributed by atoms with Gasteiger partial charge in [-0.05, 0) is 61.5 Å². The van der Waals surface area contributed by atoms with Crippen LogP contribution in [0.3, 0.4) is 0 Å². The average Bonchev–Trinajstić information content (AvgIpc) is 3.24. The monoisotopic (exact) mass is 412 g/mol. The number of benzene rings is 1. The van der Waals surface area contributed by atoms with E-state index in [9.17, 15) is 14.4 Å². The maximum absolute atomic E-state index is 12.8. The number of carbonyl (C=O) groups is 1. The molecule has 0 bridgehead atoms. The van der Waals surface area contributed by atoms with Gasteiger partial charge in [0, 0.05) is 17.0 Å². The molecule has 7 nitrogen and oxygen atoms in total. The van der Waals surface area contributed by atoms with Crippen LogP contribution in [-0.2, 0) is 0 Å². The van der Waals surface area contributed by atoms with Gasteiger partial charge in [-0.15, -0.1) is 11.3 Å². The Kier molecular flexibility index (Phi) is 5.64. The van der Waals surface area contributed by atoms with E-state index in [1.54, 1.807) is 29.5 Å². The van der Waals surface area contributed by atoms with Crippen LogP contribution in [0.5, 0.6) is 0 Å². The minimum absolute atomic E-state index is 0.156. The quantitative estimate of drug-likeness (QED) is 0.561. The fourth-order valence-corrected chi connectivity index (χ4v) is 4.64. The molecule has 1 unspecified atom stereocenters. The van der Waals surface area contributed by atoms with Crippen molar-refractivity contribution in [3.63, 3.8) is 0 Å². The number of H-pyrrole nitrogens is 2. The predicted molar refractivity (Wildman–Crippen MR) is 115 cm³/mol. The molecule has 1 atom stereocenters. The number of aromatic nitrogens is 2. The Labute approximate surface area is 171 Å². The molecule has 29 heavy (non-hydrogen) atoms. The molecular weight excluding hydrogens is 388 g/mol. The first-order valence-corrected chi connectivity index (χ1v) is 10.7. The largest absolute Gasteiger partial charge is 0.350 e. The van der Waals surface area contributed by atoms with Crippen molar-refractivity contribution in [1.29, 1.82) is 0 Å². The molecule has 0 aliphatic carbocycles. The van der Waals surface area contributed by atoms with Gasteiger partial charge in [-0.3, -0.25) is 19.3 Å². The number of nitrogens with one attached hydrogen (secondary N) is 3. The summed E-state index contributed by atoms with van der Waals surface area (Å²) in [6.45, 7) is 4.87. The number of hydrogen-bond donors (Lipinski definition) is 3. The van der Waals surface area contributed by atoms with E-state index in [4.69, 9.17) is 0 Å². The van der Waals surface area contributed by atoms with Crippen LogP contribution in [-0.4, -0.2) is 40.4 Å². The molecule has 3 N–H and O–H groups in total. The molecule has 1 aliphatic heterocycles. The highest BCUT2D eigenvalue weighted by atomic mass is 32.1. The van der Waals surface area contributed by atoms with E-state index in [1.807, 2.05) is 6.07 Å². The fraction of sp³-hybridized carbons (Fsp3) is 0.381. The van der Waals surface area contributed by atoms with Crippen molar-refractivity contribution in [3.05, 3.63) is 66.9 Å². The van der Waals surface area contributed by atoms with E-state index < -0.39 is 11.1 Å². The van der Waals surface area contributed by atoms with Crippen LogP contribution in [0.4, 0.5) is 0 Å². The predicted octanol–water partition coefficient (Wildman–Crippen LogP) is 2.48. The SMILES string of the molecule is CC1CCN(C(CNC(=O)c2ccc3[nH]c(=O)c(=O)[nH]c3c2)c2cccs2)CC1. The lowest BCUT2D eigenvalue weighted by Gasteiger charge is -2.36.